The minimum atomic E-state index is -3.94. The summed E-state index contributed by atoms with van der Waals surface area (Å²) < 4.78 is 29.5. The molecule has 1 heterocycles. The molecule has 2 aromatic rings. The van der Waals surface area contributed by atoms with Crippen LogP contribution in [0.5, 0.6) is 0 Å². The fourth-order valence-electron chi connectivity index (χ4n) is 2.21. The van der Waals surface area contributed by atoms with Crippen molar-refractivity contribution in [3.8, 4) is 0 Å². The number of rotatable bonds is 3. The topological polar surface area (TPSA) is 73.8 Å². The number of fused-ring (bicyclic) bond motifs is 3. The van der Waals surface area contributed by atoms with E-state index in [0.29, 0.717) is 6.42 Å². The average Bonchev–Trinajstić information content (AvgIpc) is 2.94. The van der Waals surface area contributed by atoms with Crippen LogP contribution >= 0.6 is 0 Å². The molecule has 21 heavy (non-hydrogen) atoms. The predicted octanol–water partition coefficient (Wildman–Crippen LogP) is 2.35. The summed E-state index contributed by atoms with van der Waals surface area (Å²) in [5, 5.41) is 4.85. The molecule has 0 bridgehead atoms. The highest BCUT2D eigenvalue weighted by Gasteiger charge is 2.12. The average molecular weight is 305 g/mol. The van der Waals surface area contributed by atoms with E-state index in [1.165, 1.54) is 22.0 Å². The summed E-state index contributed by atoms with van der Waals surface area (Å²) >= 11 is 0. The third-order valence-corrected chi connectivity index (χ3v) is 4.08. The van der Waals surface area contributed by atoms with Crippen LogP contribution in [0.1, 0.15) is 25.3 Å². The Balaban J connectivity index is 0.000000177. The van der Waals surface area contributed by atoms with E-state index in [-0.39, 0.29) is 5.75 Å². The molecule has 4 nitrogen and oxygen atoms in total. The number of unbranched alkanes of at least 4 members (excludes halogenated alkanes) is 1. The molecule has 1 aliphatic rings. The summed E-state index contributed by atoms with van der Waals surface area (Å²) in [5.41, 5.74) is 2.69. The van der Waals surface area contributed by atoms with Crippen LogP contribution < -0.4 is 5.32 Å². The molecule has 0 saturated carbocycles. The molecule has 0 unspecified atom stereocenters. The second-order valence-corrected chi connectivity index (χ2v) is 6.45. The summed E-state index contributed by atoms with van der Waals surface area (Å²) in [6, 6.07) is 12.9. The van der Waals surface area contributed by atoms with Crippen molar-refractivity contribution in [1.29, 1.82) is 0 Å². The van der Waals surface area contributed by atoms with Gasteiger partial charge in [-0.15, -0.1) is 0 Å². The van der Waals surface area contributed by atoms with Crippen LogP contribution in [-0.4, -0.2) is 18.7 Å². The second kappa shape index (κ2) is 6.85. The predicted molar refractivity (Wildman–Crippen MR) is 84.0 cm³/mol. The van der Waals surface area contributed by atoms with Gasteiger partial charge in [0, 0.05) is 22.8 Å². The van der Waals surface area contributed by atoms with Gasteiger partial charge in [0.25, 0.3) is 0 Å². The number of nitrogens with two attached hydrogens (primary N) is 1. The van der Waals surface area contributed by atoms with Gasteiger partial charge in [0.15, 0.2) is 0 Å². The maximum atomic E-state index is 9.83. The molecule has 5 heteroatoms. The minimum absolute atomic E-state index is 0.219. The normalized spacial score (nSPS) is 12.9. The fraction of sp³-hybridized carbons (Fsp3) is 0.250. The Bertz CT molecular complexity index is 751. The molecule has 0 aromatic heterocycles. The number of benzene rings is 2. The molecule has 0 fully saturated rings. The van der Waals surface area contributed by atoms with E-state index < -0.39 is 10.1 Å². The van der Waals surface area contributed by atoms with Crippen LogP contribution in [0, 0.1) is 0 Å². The van der Waals surface area contributed by atoms with Gasteiger partial charge in [-0.2, -0.15) is 0 Å². The van der Waals surface area contributed by atoms with Crippen molar-refractivity contribution < 1.29 is 18.3 Å². The quantitative estimate of drug-likeness (QED) is 0.698. The second-order valence-electron chi connectivity index (χ2n) is 4.93. The molecule has 112 valence electrons. The Labute approximate surface area is 125 Å². The highest BCUT2D eigenvalue weighted by molar-refractivity contribution is 7.85. The summed E-state index contributed by atoms with van der Waals surface area (Å²) in [7, 11) is -3.94. The van der Waals surface area contributed by atoms with Gasteiger partial charge in [0.2, 0.25) is 0 Å². The van der Waals surface area contributed by atoms with Gasteiger partial charge in [0.1, 0.15) is 5.69 Å². The molecular weight excluding hydrogens is 286 g/mol. The van der Waals surface area contributed by atoms with Gasteiger partial charge >= 0.3 is 0 Å². The maximum absolute atomic E-state index is 9.83. The van der Waals surface area contributed by atoms with E-state index in [2.05, 4.69) is 54.0 Å². The van der Waals surface area contributed by atoms with Crippen LogP contribution in [0.3, 0.4) is 0 Å². The zero-order valence-corrected chi connectivity index (χ0v) is 12.8. The first-order chi connectivity index (χ1) is 10.0. The van der Waals surface area contributed by atoms with Crippen LogP contribution in [-0.2, 0) is 10.1 Å². The third kappa shape index (κ3) is 4.39. The van der Waals surface area contributed by atoms with Gasteiger partial charge in [0.05, 0.1) is 16.3 Å². The van der Waals surface area contributed by atoms with Gasteiger partial charge < -0.3 is 4.55 Å². The lowest BCUT2D eigenvalue weighted by atomic mass is 10.1. The molecule has 1 aliphatic heterocycles. The first-order valence-corrected chi connectivity index (χ1v) is 8.56. The summed E-state index contributed by atoms with van der Waals surface area (Å²) in [6.07, 6.45) is 5.49. The highest BCUT2D eigenvalue weighted by atomic mass is 32.2. The molecule has 0 amide bonds. The third-order valence-electron chi connectivity index (χ3n) is 3.29. The van der Waals surface area contributed by atoms with Crippen molar-refractivity contribution in [3.63, 3.8) is 0 Å². The maximum Gasteiger partial charge on any atom is 0.149 e. The van der Waals surface area contributed by atoms with Crippen LogP contribution in [0.15, 0.2) is 42.6 Å². The van der Waals surface area contributed by atoms with Gasteiger partial charge in [-0.1, -0.05) is 37.6 Å². The van der Waals surface area contributed by atoms with Crippen molar-refractivity contribution >= 4 is 32.7 Å². The Morgan fingerprint density at radius 2 is 1.90 bits per heavy atom. The van der Waals surface area contributed by atoms with E-state index in [1.54, 1.807) is 0 Å². The first-order valence-electron chi connectivity index (χ1n) is 6.98. The molecular formula is C16H19NO3S. The minimum Gasteiger partial charge on any atom is -0.748 e. The standard InChI is InChI=1S/C12H9N.C4H10O3S/c1-2-4-11-9(3-1)5-6-10-7-8-13-12(10)11;1-2-3-4-8(5,6)7/h1-8,13H;2-4H2,1H3,(H,5,6,7). The Hall–Kier alpha value is -1.69. The summed E-state index contributed by atoms with van der Waals surface area (Å²) in [5.74, 6) is -0.219. The SMILES string of the molecule is C1=Cc2ccc3ccccc3c2[NH2+]1.CCCCS(=O)(=O)[O-]. The molecule has 2 N–H and O–H groups in total. The monoisotopic (exact) mass is 305 g/mol. The lowest BCUT2D eigenvalue weighted by Gasteiger charge is -2.02. The first kappa shape index (κ1) is 15.7. The van der Waals surface area contributed by atoms with Crippen molar-refractivity contribution in [2.24, 2.45) is 0 Å². The van der Waals surface area contributed by atoms with E-state index in [4.69, 9.17) is 0 Å². The molecule has 3 rings (SSSR count). The molecule has 2 aromatic carbocycles. The van der Waals surface area contributed by atoms with E-state index in [9.17, 15) is 13.0 Å². The lowest BCUT2D eigenvalue weighted by Crippen LogP contribution is -2.69. The number of hydrogen-bond acceptors (Lipinski definition) is 3. The van der Waals surface area contributed by atoms with E-state index in [0.717, 1.165) is 6.42 Å². The molecule has 0 spiro atoms. The Morgan fingerprint density at radius 1 is 1.14 bits per heavy atom. The Kier molecular flexibility index (Phi) is 5.12. The zero-order valence-electron chi connectivity index (χ0n) is 12.0. The fourth-order valence-corrected chi connectivity index (χ4v) is 2.86. The molecule has 0 aliphatic carbocycles. The van der Waals surface area contributed by atoms with Crippen LogP contribution in [0.2, 0.25) is 0 Å². The largest absolute Gasteiger partial charge is 0.748 e. The van der Waals surface area contributed by atoms with Crippen molar-refractivity contribution in [2.45, 2.75) is 19.8 Å². The highest BCUT2D eigenvalue weighted by Crippen LogP contribution is 2.26. The summed E-state index contributed by atoms with van der Waals surface area (Å²) in [4.78, 5) is 0. The van der Waals surface area contributed by atoms with E-state index >= 15 is 0 Å². The lowest BCUT2D eigenvalue weighted by molar-refractivity contribution is -0.489. The van der Waals surface area contributed by atoms with E-state index in [1.807, 2.05) is 6.92 Å². The number of quaternary nitrogens is 1. The summed E-state index contributed by atoms with van der Waals surface area (Å²) in [6.45, 7) is 1.84. The number of hydrogen-bond donors (Lipinski definition) is 1. The van der Waals surface area contributed by atoms with Gasteiger partial charge in [-0.25, -0.2) is 8.42 Å². The van der Waals surface area contributed by atoms with Gasteiger partial charge in [-0.05, 0) is 23.9 Å². The van der Waals surface area contributed by atoms with Crippen molar-refractivity contribution in [1.82, 2.24) is 0 Å². The molecule has 0 radical (unpaired) electrons. The van der Waals surface area contributed by atoms with Gasteiger partial charge in [-0.3, -0.25) is 5.32 Å². The Morgan fingerprint density at radius 3 is 2.57 bits per heavy atom. The molecule has 0 saturated heterocycles. The van der Waals surface area contributed by atoms with Crippen molar-refractivity contribution in [2.75, 3.05) is 5.75 Å². The smallest absolute Gasteiger partial charge is 0.149 e. The zero-order chi connectivity index (χ0) is 15.3. The van der Waals surface area contributed by atoms with Crippen LogP contribution in [0.4, 0.5) is 5.69 Å². The van der Waals surface area contributed by atoms with Crippen molar-refractivity contribution in [3.05, 3.63) is 48.2 Å². The van der Waals surface area contributed by atoms with Crippen LogP contribution in [0.25, 0.3) is 16.8 Å². The molecule has 0 atom stereocenters.